The fourth-order valence-electron chi connectivity index (χ4n) is 6.75. The first-order valence-corrected chi connectivity index (χ1v) is 16.3. The summed E-state index contributed by atoms with van der Waals surface area (Å²) in [5.74, 6) is 2.62. The number of anilines is 2. The van der Waals surface area contributed by atoms with Crippen molar-refractivity contribution in [2.45, 2.75) is 19.8 Å². The third kappa shape index (κ3) is 6.71. The number of carbonyl (C=O) groups excluding carboxylic acids is 2. The zero-order valence-electron chi connectivity index (χ0n) is 27.2. The molecule has 0 saturated carbocycles. The first-order chi connectivity index (χ1) is 23.8. The van der Waals surface area contributed by atoms with Gasteiger partial charge in [-0.1, -0.05) is 0 Å². The first-order valence-electron chi connectivity index (χ1n) is 16.3. The monoisotopic (exact) mass is 657 g/mol. The highest BCUT2D eigenvalue weighted by molar-refractivity contribution is 6.00. The van der Waals surface area contributed by atoms with E-state index in [0.717, 1.165) is 51.5 Å². The van der Waals surface area contributed by atoms with Gasteiger partial charge in [-0.2, -0.15) is 5.10 Å². The number of nitrogens with zero attached hydrogens (tertiary/aromatic N) is 7. The van der Waals surface area contributed by atoms with Gasteiger partial charge in [0.1, 0.15) is 5.69 Å². The number of carbonyl (C=O) groups is 2. The maximum absolute atomic E-state index is 13.8. The van der Waals surface area contributed by atoms with E-state index in [9.17, 15) is 14.0 Å². The number of amides is 2. The Balaban J connectivity index is 0.952. The molecule has 49 heavy (non-hydrogen) atoms. The van der Waals surface area contributed by atoms with Crippen molar-refractivity contribution in [3.63, 3.8) is 0 Å². The second kappa shape index (κ2) is 13.4. The number of likely N-dealkylation sites (tertiary alicyclic amines) is 1. The number of halogens is 1. The summed E-state index contributed by atoms with van der Waals surface area (Å²) in [6, 6.07) is 17.4. The van der Waals surface area contributed by atoms with Gasteiger partial charge in [0, 0.05) is 78.9 Å². The summed E-state index contributed by atoms with van der Waals surface area (Å²) >= 11 is 0. The molecule has 0 bridgehead atoms. The minimum atomic E-state index is -0.796. The lowest BCUT2D eigenvalue weighted by Gasteiger charge is -2.37. The number of benzene rings is 2. The van der Waals surface area contributed by atoms with E-state index in [0.29, 0.717) is 57.2 Å². The van der Waals surface area contributed by atoms with Crippen LogP contribution in [-0.2, 0) is 9.59 Å². The van der Waals surface area contributed by atoms with E-state index in [1.807, 2.05) is 71.3 Å². The lowest BCUT2D eigenvalue weighted by molar-refractivity contribution is -0.133. The Hall–Kier alpha value is -5.67. The fraction of sp³-hybridized carbons (Fsp3) is 0.297. The van der Waals surface area contributed by atoms with Crippen molar-refractivity contribution in [2.75, 3.05) is 56.0 Å². The molecule has 2 N–H and O–H groups in total. The Morgan fingerprint density at radius 2 is 1.76 bits per heavy atom. The SMILES string of the molecule is C#CCC1(C(=O)Nc2ccc3[nH]nc(-c4ccnc(C)c4)c3c2)CCN(CC(=O)N2CCN(c3ccc(-c4ncc(F)cn4)cc3)CC2)C1. The van der Waals surface area contributed by atoms with Crippen LogP contribution in [-0.4, -0.2) is 92.6 Å². The largest absolute Gasteiger partial charge is 0.368 e. The summed E-state index contributed by atoms with van der Waals surface area (Å²) in [5.41, 5.74) is 5.20. The van der Waals surface area contributed by atoms with Crippen molar-refractivity contribution in [1.82, 2.24) is 34.9 Å². The molecule has 2 fully saturated rings. The van der Waals surface area contributed by atoms with E-state index in [-0.39, 0.29) is 24.8 Å². The normalized spacial score (nSPS) is 18.1. The fourth-order valence-corrected chi connectivity index (χ4v) is 6.75. The molecule has 2 aromatic carbocycles. The molecule has 1 atom stereocenters. The van der Waals surface area contributed by atoms with Crippen molar-refractivity contribution >= 4 is 34.1 Å². The van der Waals surface area contributed by atoms with Gasteiger partial charge in [-0.25, -0.2) is 14.4 Å². The highest BCUT2D eigenvalue weighted by Gasteiger charge is 2.44. The van der Waals surface area contributed by atoms with E-state index in [4.69, 9.17) is 6.42 Å². The zero-order chi connectivity index (χ0) is 34.0. The van der Waals surface area contributed by atoms with Gasteiger partial charge in [0.25, 0.3) is 0 Å². The maximum atomic E-state index is 13.8. The van der Waals surface area contributed by atoms with Crippen LogP contribution >= 0.6 is 0 Å². The van der Waals surface area contributed by atoms with Crippen LogP contribution < -0.4 is 10.2 Å². The number of fused-ring (bicyclic) bond motifs is 1. The number of nitrogens with one attached hydrogen (secondary N) is 2. The minimum absolute atomic E-state index is 0.0460. The van der Waals surface area contributed by atoms with Crippen LogP contribution in [0.25, 0.3) is 33.5 Å². The average molecular weight is 658 g/mol. The van der Waals surface area contributed by atoms with Gasteiger partial charge in [-0.15, -0.1) is 12.3 Å². The third-order valence-corrected chi connectivity index (χ3v) is 9.45. The van der Waals surface area contributed by atoms with Crippen LogP contribution in [0.15, 0.2) is 73.2 Å². The molecule has 5 heterocycles. The van der Waals surface area contributed by atoms with Crippen LogP contribution in [0.2, 0.25) is 0 Å². The van der Waals surface area contributed by atoms with Gasteiger partial charge in [0.05, 0.1) is 29.9 Å². The van der Waals surface area contributed by atoms with Gasteiger partial charge >= 0.3 is 0 Å². The van der Waals surface area contributed by atoms with Gasteiger partial charge < -0.3 is 15.1 Å². The number of aromatic nitrogens is 5. The third-order valence-electron chi connectivity index (χ3n) is 9.45. The van der Waals surface area contributed by atoms with Gasteiger partial charge in [-0.3, -0.25) is 24.6 Å². The molecule has 1 unspecified atom stereocenters. The van der Waals surface area contributed by atoms with Crippen molar-refractivity contribution in [1.29, 1.82) is 0 Å². The topological polar surface area (TPSA) is 123 Å². The Morgan fingerprint density at radius 1 is 0.980 bits per heavy atom. The number of hydrogen-bond donors (Lipinski definition) is 2. The van der Waals surface area contributed by atoms with Crippen molar-refractivity contribution in [3.8, 4) is 35.0 Å². The predicted molar refractivity (Wildman–Crippen MR) is 186 cm³/mol. The van der Waals surface area contributed by atoms with Crippen LogP contribution in [0.5, 0.6) is 0 Å². The number of H-pyrrole nitrogens is 1. The van der Waals surface area contributed by atoms with Gasteiger partial charge in [0.15, 0.2) is 11.6 Å². The van der Waals surface area contributed by atoms with Crippen molar-refractivity contribution < 1.29 is 14.0 Å². The van der Waals surface area contributed by atoms with Crippen molar-refractivity contribution in [3.05, 3.63) is 84.7 Å². The lowest BCUT2D eigenvalue weighted by Crippen LogP contribution is -2.51. The quantitative estimate of drug-likeness (QED) is 0.234. The lowest BCUT2D eigenvalue weighted by atomic mass is 9.82. The van der Waals surface area contributed by atoms with Crippen LogP contribution in [0.4, 0.5) is 15.8 Å². The van der Waals surface area contributed by atoms with Crippen LogP contribution in [0.3, 0.4) is 0 Å². The average Bonchev–Trinajstić information content (AvgIpc) is 3.73. The summed E-state index contributed by atoms with van der Waals surface area (Å²) in [5, 5.41) is 11.6. The second-order valence-electron chi connectivity index (χ2n) is 12.7. The molecule has 3 aromatic heterocycles. The number of piperazine rings is 1. The molecular weight excluding hydrogens is 621 g/mol. The highest BCUT2D eigenvalue weighted by atomic mass is 19.1. The van der Waals surface area contributed by atoms with E-state index < -0.39 is 11.2 Å². The molecule has 248 valence electrons. The summed E-state index contributed by atoms with van der Waals surface area (Å²) < 4.78 is 13.2. The molecule has 2 aliphatic heterocycles. The molecule has 12 heteroatoms. The van der Waals surface area contributed by atoms with E-state index in [1.165, 1.54) is 0 Å². The summed E-state index contributed by atoms with van der Waals surface area (Å²) in [6.07, 6.45) is 10.7. The Morgan fingerprint density at radius 3 is 2.49 bits per heavy atom. The maximum Gasteiger partial charge on any atom is 0.236 e. The standard InChI is InChI=1S/C37H36FN9O2/c1-3-11-37(36(49)42-29-6-9-32-31(20-29)34(44-43-32)27-10-13-39-25(2)19-27)12-14-45(24-37)23-33(48)47-17-15-46(16-18-47)30-7-4-26(5-8-30)35-40-21-28(38)22-41-35/h1,4-10,13,19-22H,11-12,14-18,23-24H2,2H3,(H,42,49)(H,43,44). The molecule has 2 saturated heterocycles. The molecule has 7 rings (SSSR count). The summed E-state index contributed by atoms with van der Waals surface area (Å²) in [7, 11) is 0. The number of aryl methyl sites for hydroxylation is 1. The minimum Gasteiger partial charge on any atom is -0.368 e. The second-order valence-corrected chi connectivity index (χ2v) is 12.7. The molecule has 0 aliphatic carbocycles. The molecule has 0 spiro atoms. The number of rotatable bonds is 8. The number of terminal acetylenes is 1. The zero-order valence-corrected chi connectivity index (χ0v) is 27.2. The predicted octanol–water partition coefficient (Wildman–Crippen LogP) is 4.53. The summed E-state index contributed by atoms with van der Waals surface area (Å²) in [6.45, 7) is 5.79. The number of pyridine rings is 1. The smallest absolute Gasteiger partial charge is 0.236 e. The Labute approximate surface area is 283 Å². The number of hydrogen-bond acceptors (Lipinski definition) is 8. The van der Waals surface area contributed by atoms with Crippen molar-refractivity contribution in [2.24, 2.45) is 5.41 Å². The number of aromatic amines is 1. The molecule has 5 aromatic rings. The summed E-state index contributed by atoms with van der Waals surface area (Å²) in [4.78, 5) is 45.8. The first kappa shape index (κ1) is 31.9. The molecule has 2 aliphatic rings. The van der Waals surface area contributed by atoms with Crippen LogP contribution in [0.1, 0.15) is 18.5 Å². The Bertz CT molecular complexity index is 2030. The molecule has 2 amide bonds. The highest BCUT2D eigenvalue weighted by Crippen LogP contribution is 2.36. The van der Waals surface area contributed by atoms with E-state index >= 15 is 0 Å². The Kier molecular flexibility index (Phi) is 8.76. The van der Waals surface area contributed by atoms with Crippen LogP contribution in [0, 0.1) is 30.5 Å². The molecular formula is C37H36FN9O2. The van der Waals surface area contributed by atoms with E-state index in [2.05, 4.69) is 41.3 Å². The van der Waals surface area contributed by atoms with Gasteiger partial charge in [0.2, 0.25) is 11.8 Å². The molecule has 11 nitrogen and oxygen atoms in total. The van der Waals surface area contributed by atoms with E-state index in [1.54, 1.807) is 6.20 Å². The van der Waals surface area contributed by atoms with Gasteiger partial charge in [-0.05, 0) is 74.5 Å². The molecule has 0 radical (unpaired) electrons.